The molecule has 0 radical (unpaired) electrons. The van der Waals surface area contributed by atoms with Crippen LogP contribution in [0.1, 0.15) is 27.4 Å². The maximum absolute atomic E-state index is 12.7. The van der Waals surface area contributed by atoms with Crippen molar-refractivity contribution in [2.45, 2.75) is 24.7 Å². The number of hydrogen-bond donors (Lipinski definition) is 2. The van der Waals surface area contributed by atoms with Crippen molar-refractivity contribution in [2.75, 3.05) is 19.6 Å². The molecule has 3 heterocycles. The summed E-state index contributed by atoms with van der Waals surface area (Å²) >= 11 is 0.960. The molecule has 1 spiro atoms. The van der Waals surface area contributed by atoms with E-state index >= 15 is 0 Å². The van der Waals surface area contributed by atoms with Gasteiger partial charge in [-0.25, -0.2) is 13.2 Å². The van der Waals surface area contributed by atoms with Crippen molar-refractivity contribution >= 4 is 33.2 Å². The molecule has 3 rings (SSSR count). The fourth-order valence-electron chi connectivity index (χ4n) is 3.11. The van der Waals surface area contributed by atoms with Crippen LogP contribution in [-0.2, 0) is 14.8 Å². The van der Waals surface area contributed by atoms with Crippen molar-refractivity contribution in [1.82, 2.24) is 9.62 Å². The molecule has 0 aromatic carbocycles. The van der Waals surface area contributed by atoms with Crippen LogP contribution in [0, 0.1) is 12.3 Å². The van der Waals surface area contributed by atoms with Gasteiger partial charge in [-0.15, -0.1) is 11.3 Å². The Kier molecular flexibility index (Phi) is 3.54. The molecule has 0 saturated carbocycles. The number of aryl methyl sites for hydroxylation is 1. The van der Waals surface area contributed by atoms with E-state index in [0.29, 0.717) is 37.4 Å². The highest BCUT2D eigenvalue weighted by Gasteiger charge is 2.47. The highest BCUT2D eigenvalue weighted by atomic mass is 32.2. The average molecular weight is 344 g/mol. The van der Waals surface area contributed by atoms with Crippen LogP contribution >= 0.6 is 11.3 Å². The summed E-state index contributed by atoms with van der Waals surface area (Å²) in [5.41, 5.74) is -0.316. The van der Waals surface area contributed by atoms with Gasteiger partial charge in [0, 0.05) is 36.3 Å². The predicted octanol–water partition coefficient (Wildman–Crippen LogP) is 0.655. The third-order valence-corrected chi connectivity index (χ3v) is 7.44. The highest BCUT2D eigenvalue weighted by molar-refractivity contribution is 7.89. The molecule has 1 atom stereocenters. The monoisotopic (exact) mass is 344 g/mol. The summed E-state index contributed by atoms with van der Waals surface area (Å²) in [4.78, 5) is 23.0. The van der Waals surface area contributed by atoms with Crippen molar-refractivity contribution in [3.05, 3.63) is 15.8 Å². The standard InChI is InChI=1S/C13H16N2O5S2/c1-8-10(4-9(21-8)12(17)18)22(19,20)15-3-2-13(7-15)5-11(16)14-6-13/h4H,2-3,5-7H2,1H3,(H,14,16)(H,17,18). The molecular formula is C13H16N2O5S2. The molecule has 1 amide bonds. The predicted molar refractivity (Wildman–Crippen MR) is 79.5 cm³/mol. The molecule has 2 N–H and O–H groups in total. The number of thiophene rings is 1. The number of nitrogens with one attached hydrogen (secondary N) is 1. The second kappa shape index (κ2) is 5.04. The van der Waals surface area contributed by atoms with E-state index in [4.69, 9.17) is 5.11 Å². The van der Waals surface area contributed by atoms with Gasteiger partial charge in [-0.3, -0.25) is 4.79 Å². The molecule has 1 aromatic heterocycles. The molecule has 7 nitrogen and oxygen atoms in total. The van der Waals surface area contributed by atoms with Gasteiger partial charge in [0.05, 0.1) is 4.90 Å². The number of aromatic carboxylic acids is 1. The van der Waals surface area contributed by atoms with E-state index in [1.807, 2.05) is 0 Å². The second-order valence-corrected chi connectivity index (χ2v) is 9.04. The number of amides is 1. The SMILES string of the molecule is Cc1sc(C(=O)O)cc1S(=O)(=O)N1CCC2(CNC(=O)C2)C1. The first-order chi connectivity index (χ1) is 10.2. The van der Waals surface area contributed by atoms with Crippen molar-refractivity contribution in [3.63, 3.8) is 0 Å². The number of carboxylic acids is 1. The molecular weight excluding hydrogens is 328 g/mol. The van der Waals surface area contributed by atoms with Crippen LogP contribution in [0.3, 0.4) is 0 Å². The summed E-state index contributed by atoms with van der Waals surface area (Å²) in [6, 6.07) is 1.22. The minimum atomic E-state index is -3.72. The summed E-state index contributed by atoms with van der Waals surface area (Å²) in [6.45, 7) is 2.76. The van der Waals surface area contributed by atoms with Crippen LogP contribution in [0.2, 0.25) is 0 Å². The minimum Gasteiger partial charge on any atom is -0.477 e. The Balaban J connectivity index is 1.88. The molecule has 1 aromatic rings. The summed E-state index contributed by atoms with van der Waals surface area (Å²) in [5.74, 6) is -1.17. The van der Waals surface area contributed by atoms with Gasteiger partial charge in [0.25, 0.3) is 0 Å². The van der Waals surface area contributed by atoms with E-state index in [0.717, 1.165) is 11.3 Å². The molecule has 2 aliphatic heterocycles. The Labute approximate surface area is 132 Å². The molecule has 22 heavy (non-hydrogen) atoms. The molecule has 0 bridgehead atoms. The molecule has 1 unspecified atom stereocenters. The third kappa shape index (κ3) is 2.42. The summed E-state index contributed by atoms with van der Waals surface area (Å²) < 4.78 is 26.9. The zero-order valence-electron chi connectivity index (χ0n) is 12.0. The number of carboxylic acid groups (broad SMARTS) is 1. The first-order valence-electron chi connectivity index (χ1n) is 6.84. The first-order valence-corrected chi connectivity index (χ1v) is 9.10. The summed E-state index contributed by atoms with van der Waals surface area (Å²) in [6.07, 6.45) is 0.988. The molecule has 2 aliphatic rings. The van der Waals surface area contributed by atoms with Crippen LogP contribution in [0.5, 0.6) is 0 Å². The number of carbonyl (C=O) groups excluding carboxylic acids is 1. The van der Waals surface area contributed by atoms with Crippen molar-refractivity contribution < 1.29 is 23.1 Å². The van der Waals surface area contributed by atoms with Gasteiger partial charge >= 0.3 is 5.97 Å². The van der Waals surface area contributed by atoms with E-state index in [2.05, 4.69) is 5.32 Å². The van der Waals surface area contributed by atoms with Gasteiger partial charge in [-0.1, -0.05) is 0 Å². The largest absolute Gasteiger partial charge is 0.477 e. The van der Waals surface area contributed by atoms with Crippen molar-refractivity contribution in [3.8, 4) is 0 Å². The molecule has 2 fully saturated rings. The quantitative estimate of drug-likeness (QED) is 0.838. The van der Waals surface area contributed by atoms with Gasteiger partial charge in [0.15, 0.2) is 0 Å². The zero-order valence-corrected chi connectivity index (χ0v) is 13.6. The number of nitrogens with zero attached hydrogens (tertiary/aromatic N) is 1. The van der Waals surface area contributed by atoms with E-state index in [9.17, 15) is 18.0 Å². The van der Waals surface area contributed by atoms with Crippen molar-refractivity contribution in [1.29, 1.82) is 0 Å². The van der Waals surface area contributed by atoms with Crippen LogP contribution in [-0.4, -0.2) is 49.3 Å². The smallest absolute Gasteiger partial charge is 0.345 e. The van der Waals surface area contributed by atoms with E-state index in [1.54, 1.807) is 6.92 Å². The van der Waals surface area contributed by atoms with Crippen molar-refractivity contribution in [2.24, 2.45) is 5.41 Å². The highest BCUT2D eigenvalue weighted by Crippen LogP contribution is 2.40. The van der Waals surface area contributed by atoms with E-state index in [-0.39, 0.29) is 21.1 Å². The second-order valence-electron chi connectivity index (χ2n) is 5.88. The number of hydrogen-bond acceptors (Lipinski definition) is 5. The Morgan fingerprint density at radius 3 is 2.77 bits per heavy atom. The molecule has 0 aliphatic carbocycles. The minimum absolute atomic E-state index is 0.0164. The maximum Gasteiger partial charge on any atom is 0.345 e. The van der Waals surface area contributed by atoms with E-state index < -0.39 is 16.0 Å². The molecule has 120 valence electrons. The fraction of sp³-hybridized carbons (Fsp3) is 0.538. The van der Waals surface area contributed by atoms with Gasteiger partial charge in [0.2, 0.25) is 15.9 Å². The maximum atomic E-state index is 12.7. The van der Waals surface area contributed by atoms with Gasteiger partial charge in [-0.2, -0.15) is 4.31 Å². The van der Waals surface area contributed by atoms with Gasteiger partial charge < -0.3 is 10.4 Å². The molecule has 9 heteroatoms. The van der Waals surface area contributed by atoms with E-state index in [1.165, 1.54) is 10.4 Å². The lowest BCUT2D eigenvalue weighted by Gasteiger charge is -2.21. The van der Waals surface area contributed by atoms with Crippen LogP contribution in [0.15, 0.2) is 11.0 Å². The Morgan fingerprint density at radius 1 is 1.50 bits per heavy atom. The Morgan fingerprint density at radius 2 is 2.23 bits per heavy atom. The average Bonchev–Trinajstić information content (AvgIpc) is 3.11. The van der Waals surface area contributed by atoms with Crippen LogP contribution in [0.25, 0.3) is 0 Å². The zero-order chi connectivity index (χ0) is 16.1. The number of sulfonamides is 1. The first kappa shape index (κ1) is 15.4. The summed E-state index contributed by atoms with van der Waals surface area (Å²) in [7, 11) is -3.72. The molecule has 2 saturated heterocycles. The lowest BCUT2D eigenvalue weighted by molar-refractivity contribution is -0.119. The Hall–Kier alpha value is -1.45. The lowest BCUT2D eigenvalue weighted by atomic mass is 9.86. The topological polar surface area (TPSA) is 104 Å². The fourth-order valence-corrected chi connectivity index (χ4v) is 6.06. The number of rotatable bonds is 3. The third-order valence-electron chi connectivity index (χ3n) is 4.30. The normalized spacial score (nSPS) is 25.8. The van der Waals surface area contributed by atoms with Crippen LogP contribution in [0.4, 0.5) is 0 Å². The Bertz CT molecular complexity index is 754. The van der Waals surface area contributed by atoms with Gasteiger partial charge in [-0.05, 0) is 19.4 Å². The lowest BCUT2D eigenvalue weighted by Crippen LogP contribution is -2.33. The number of carbonyl (C=O) groups is 2. The van der Waals surface area contributed by atoms with Gasteiger partial charge in [0.1, 0.15) is 4.88 Å². The van der Waals surface area contributed by atoms with Crippen LogP contribution < -0.4 is 5.32 Å². The summed E-state index contributed by atoms with van der Waals surface area (Å²) in [5, 5.41) is 11.8.